The van der Waals surface area contributed by atoms with Gasteiger partial charge in [-0.2, -0.15) is 8.42 Å². The molecular weight excluding hydrogens is 296 g/mol. The van der Waals surface area contributed by atoms with Gasteiger partial charge in [-0.05, 0) is 0 Å². The fourth-order valence-corrected chi connectivity index (χ4v) is 0. The van der Waals surface area contributed by atoms with E-state index in [0.29, 0.717) is 0 Å². The molecule has 0 aromatic carbocycles. The van der Waals surface area contributed by atoms with E-state index in [1.54, 1.807) is 0 Å². The number of aliphatic carboxylic acids is 2. The smallest absolute Gasteiger partial charge is 0.414 e. The summed E-state index contributed by atoms with van der Waals surface area (Å²) in [6.45, 7) is 0. The molecule has 13 heavy (non-hydrogen) atoms. The van der Waals surface area contributed by atoms with Crippen LogP contribution in [0.3, 0.4) is 0 Å². The number of rotatable bonds is 0. The number of hydrogen-bond donors (Lipinski definition) is 4. The molecule has 0 aliphatic carbocycles. The van der Waals surface area contributed by atoms with Crippen LogP contribution in [0.4, 0.5) is 0 Å². The first-order valence-corrected chi connectivity index (χ1v) is 3.20. The first-order valence-electron chi connectivity index (χ1n) is 1.80. The number of carboxylic acids is 2. The van der Waals surface area contributed by atoms with Gasteiger partial charge in [-0.25, -0.2) is 9.59 Å². The van der Waals surface area contributed by atoms with E-state index >= 15 is 0 Å². The Kier molecular flexibility index (Phi) is 17.6. The summed E-state index contributed by atoms with van der Waals surface area (Å²) >= 11 is 0. The Bertz CT molecular complexity index is 223. The second-order valence-electron chi connectivity index (χ2n) is 1.06. The molecule has 0 saturated carbocycles. The molecule has 0 atom stereocenters. The third-order valence-corrected chi connectivity index (χ3v) is 0.183. The first kappa shape index (κ1) is 23.0. The number of carbonyl (C=O) groups is 2. The molecule has 82 valence electrons. The van der Waals surface area contributed by atoms with Crippen molar-refractivity contribution in [2.24, 2.45) is 0 Å². The molecule has 0 amide bonds. The van der Waals surface area contributed by atoms with Crippen LogP contribution in [0.15, 0.2) is 0 Å². The fourth-order valence-electron chi connectivity index (χ4n) is 0. The Morgan fingerprint density at radius 2 is 0.923 bits per heavy atom. The summed E-state index contributed by atoms with van der Waals surface area (Å²) in [4.78, 5) is 18.2. The molecule has 0 aromatic heterocycles. The van der Waals surface area contributed by atoms with E-state index in [4.69, 9.17) is 37.3 Å². The van der Waals surface area contributed by atoms with Crippen molar-refractivity contribution >= 4 is 22.3 Å². The Hall–Kier alpha value is -0.151. The number of carboxylic acid groups (broad SMARTS) is 2. The zero-order valence-electron chi connectivity index (χ0n) is 5.54. The summed E-state index contributed by atoms with van der Waals surface area (Å²) in [7, 11) is -4.67. The standard InChI is InChI=1S/C2H2O4.2Fe.H2O4S/c3-1(4)2(5)6;;;1-5(2,3)4/h(H,3,4)(H,5,6);;;(H2,1,2,3,4). The summed E-state index contributed by atoms with van der Waals surface area (Å²) in [6, 6.07) is 0. The van der Waals surface area contributed by atoms with Crippen LogP contribution in [0.5, 0.6) is 0 Å². The maximum atomic E-state index is 9.10. The van der Waals surface area contributed by atoms with Crippen LogP contribution < -0.4 is 0 Å². The predicted octanol–water partition coefficient (Wildman–Crippen LogP) is -1.50. The van der Waals surface area contributed by atoms with Crippen LogP contribution in [-0.2, 0) is 54.1 Å². The molecular formula is C2H4Fe2O8S. The Labute approximate surface area is 93.8 Å². The Morgan fingerprint density at radius 3 is 0.923 bits per heavy atom. The van der Waals surface area contributed by atoms with Gasteiger partial charge in [0.2, 0.25) is 0 Å². The van der Waals surface area contributed by atoms with Gasteiger partial charge in [-0.3, -0.25) is 9.11 Å². The summed E-state index contributed by atoms with van der Waals surface area (Å²) in [5, 5.41) is 14.8. The van der Waals surface area contributed by atoms with Crippen molar-refractivity contribution in [3.8, 4) is 0 Å². The molecule has 0 aliphatic heterocycles. The average molecular weight is 300 g/mol. The largest absolute Gasteiger partial charge is 0.473 e. The van der Waals surface area contributed by atoms with Gasteiger partial charge in [0, 0.05) is 34.1 Å². The monoisotopic (exact) mass is 300 g/mol. The second kappa shape index (κ2) is 9.93. The van der Waals surface area contributed by atoms with Crippen LogP contribution in [0.1, 0.15) is 0 Å². The molecule has 0 unspecified atom stereocenters. The van der Waals surface area contributed by atoms with Crippen molar-refractivity contribution in [3.63, 3.8) is 0 Å². The maximum absolute atomic E-state index is 9.10. The summed E-state index contributed by atoms with van der Waals surface area (Å²) in [5.74, 6) is -3.65. The van der Waals surface area contributed by atoms with Crippen LogP contribution in [0, 0.1) is 0 Å². The van der Waals surface area contributed by atoms with Crippen LogP contribution >= 0.6 is 0 Å². The summed E-state index contributed by atoms with van der Waals surface area (Å²) < 4.78 is 31.6. The van der Waals surface area contributed by atoms with E-state index in [1.165, 1.54) is 0 Å². The summed E-state index contributed by atoms with van der Waals surface area (Å²) in [5.41, 5.74) is 0. The zero-order chi connectivity index (χ0) is 9.65. The Balaban J connectivity index is -0.0000000546. The van der Waals surface area contributed by atoms with E-state index in [0.717, 1.165) is 0 Å². The van der Waals surface area contributed by atoms with Gasteiger partial charge in [0.15, 0.2) is 0 Å². The third kappa shape index (κ3) is 77.6. The second-order valence-corrected chi connectivity index (χ2v) is 1.95. The van der Waals surface area contributed by atoms with Crippen molar-refractivity contribution in [1.29, 1.82) is 0 Å². The molecule has 0 aliphatic rings. The van der Waals surface area contributed by atoms with Crippen LogP contribution in [-0.4, -0.2) is 39.7 Å². The van der Waals surface area contributed by atoms with E-state index in [2.05, 4.69) is 0 Å². The minimum absolute atomic E-state index is 0. The van der Waals surface area contributed by atoms with Gasteiger partial charge in [0.25, 0.3) is 0 Å². The molecule has 0 spiro atoms. The van der Waals surface area contributed by atoms with Gasteiger partial charge in [-0.15, -0.1) is 0 Å². The quantitative estimate of drug-likeness (QED) is 0.240. The predicted molar refractivity (Wildman–Crippen MR) is 29.4 cm³/mol. The van der Waals surface area contributed by atoms with Crippen molar-refractivity contribution in [2.75, 3.05) is 0 Å². The maximum Gasteiger partial charge on any atom is 0.414 e. The molecule has 4 N–H and O–H groups in total. The summed E-state index contributed by atoms with van der Waals surface area (Å²) in [6.07, 6.45) is 0. The van der Waals surface area contributed by atoms with Crippen molar-refractivity contribution in [1.82, 2.24) is 0 Å². The van der Waals surface area contributed by atoms with Crippen LogP contribution in [0.25, 0.3) is 0 Å². The van der Waals surface area contributed by atoms with E-state index in [-0.39, 0.29) is 34.1 Å². The van der Waals surface area contributed by atoms with Crippen LogP contribution in [0.2, 0.25) is 0 Å². The SMILES string of the molecule is O=C(O)C(=O)O.O=S(=O)(O)O.[Fe].[Fe]. The van der Waals surface area contributed by atoms with Gasteiger partial charge in [0.1, 0.15) is 0 Å². The molecule has 0 bridgehead atoms. The normalized spacial score (nSPS) is 7.85. The van der Waals surface area contributed by atoms with E-state index in [9.17, 15) is 0 Å². The molecule has 0 fully saturated rings. The third-order valence-electron chi connectivity index (χ3n) is 0.183. The molecule has 0 saturated heterocycles. The van der Waals surface area contributed by atoms with Gasteiger partial charge < -0.3 is 10.2 Å². The van der Waals surface area contributed by atoms with Crippen molar-refractivity contribution < 1.29 is 71.5 Å². The molecule has 0 aromatic rings. The molecule has 8 nitrogen and oxygen atoms in total. The fraction of sp³-hybridized carbons (Fsp3) is 0. The van der Waals surface area contributed by atoms with Crippen molar-refractivity contribution in [2.45, 2.75) is 0 Å². The van der Waals surface area contributed by atoms with E-state index in [1.807, 2.05) is 0 Å². The minimum atomic E-state index is -4.67. The minimum Gasteiger partial charge on any atom is -0.473 e. The van der Waals surface area contributed by atoms with Gasteiger partial charge in [-0.1, -0.05) is 0 Å². The average Bonchev–Trinajstić information content (AvgIpc) is 1.59. The molecule has 11 heteroatoms. The zero-order valence-corrected chi connectivity index (χ0v) is 8.56. The first-order chi connectivity index (χ1) is 4.64. The van der Waals surface area contributed by atoms with Gasteiger partial charge >= 0.3 is 22.3 Å². The number of hydrogen-bond acceptors (Lipinski definition) is 4. The topological polar surface area (TPSA) is 149 Å². The molecule has 0 radical (unpaired) electrons. The van der Waals surface area contributed by atoms with E-state index < -0.39 is 22.3 Å². The Morgan fingerprint density at radius 1 is 0.846 bits per heavy atom. The molecule has 0 rings (SSSR count). The van der Waals surface area contributed by atoms with Crippen molar-refractivity contribution in [3.05, 3.63) is 0 Å². The molecule has 0 heterocycles. The van der Waals surface area contributed by atoms with Gasteiger partial charge in [0.05, 0.1) is 0 Å².